The predicted molar refractivity (Wildman–Crippen MR) is 127 cm³/mol. The van der Waals surface area contributed by atoms with Crippen LogP contribution in [-0.4, -0.2) is 62.1 Å². The van der Waals surface area contributed by atoms with Crippen molar-refractivity contribution in [2.75, 3.05) is 26.2 Å². The topological polar surface area (TPSA) is 49.9 Å². The largest absolute Gasteiger partial charge is 0.416 e. The van der Waals surface area contributed by atoms with Gasteiger partial charge in [-0.1, -0.05) is 13.3 Å². The first-order valence-electron chi connectivity index (χ1n) is 12.7. The Labute approximate surface area is 202 Å². The minimum Gasteiger partial charge on any atom is -0.375 e. The highest BCUT2D eigenvalue weighted by Crippen LogP contribution is 2.32. The second-order valence-electron chi connectivity index (χ2n) is 9.65. The molecule has 1 aromatic rings. The van der Waals surface area contributed by atoms with Crippen molar-refractivity contribution < 1.29 is 26.3 Å². The van der Waals surface area contributed by atoms with Gasteiger partial charge >= 0.3 is 6.18 Å². The van der Waals surface area contributed by atoms with Gasteiger partial charge in [0.25, 0.3) is 0 Å². The van der Waals surface area contributed by atoms with Crippen LogP contribution in [0, 0.1) is 0 Å². The molecule has 0 N–H and O–H groups in total. The van der Waals surface area contributed by atoms with Crippen molar-refractivity contribution in [3.8, 4) is 0 Å². The summed E-state index contributed by atoms with van der Waals surface area (Å²) in [7, 11) is -3.86. The van der Waals surface area contributed by atoms with Crippen LogP contribution in [0.3, 0.4) is 0 Å². The van der Waals surface area contributed by atoms with Gasteiger partial charge in [0, 0.05) is 12.6 Å². The number of hydrogen-bond donors (Lipinski definition) is 0. The zero-order chi connectivity index (χ0) is 24.8. The molecule has 2 fully saturated rings. The molecule has 1 aliphatic carbocycles. The number of benzene rings is 1. The van der Waals surface area contributed by atoms with E-state index in [-0.39, 0.29) is 29.7 Å². The molecule has 0 bridgehead atoms. The quantitative estimate of drug-likeness (QED) is 0.410. The molecule has 0 spiro atoms. The molecule has 3 rings (SSSR count). The van der Waals surface area contributed by atoms with Crippen LogP contribution in [0.5, 0.6) is 0 Å². The summed E-state index contributed by atoms with van der Waals surface area (Å²) < 4.78 is 72.5. The SMILES string of the molecule is CCN(C1CCC(OC(C)CCCN2CCCCC2)CC1)S(=O)(=O)c1ccc(C(F)(F)F)cc1. The number of hydrogen-bond acceptors (Lipinski definition) is 4. The van der Waals surface area contributed by atoms with Crippen LogP contribution in [-0.2, 0) is 20.9 Å². The van der Waals surface area contributed by atoms with Crippen LogP contribution < -0.4 is 0 Å². The highest BCUT2D eigenvalue weighted by atomic mass is 32.2. The van der Waals surface area contributed by atoms with Crippen molar-refractivity contribution in [1.29, 1.82) is 0 Å². The van der Waals surface area contributed by atoms with Crippen molar-refractivity contribution >= 4 is 10.0 Å². The van der Waals surface area contributed by atoms with E-state index in [1.165, 1.54) is 36.7 Å². The third-order valence-corrected chi connectivity index (χ3v) is 9.15. The van der Waals surface area contributed by atoms with Gasteiger partial charge in [-0.2, -0.15) is 17.5 Å². The maximum Gasteiger partial charge on any atom is 0.416 e. The lowest BCUT2D eigenvalue weighted by atomic mass is 9.92. The molecule has 1 heterocycles. The fraction of sp³-hybridized carbons (Fsp3) is 0.760. The number of rotatable bonds is 10. The van der Waals surface area contributed by atoms with E-state index in [0.29, 0.717) is 12.8 Å². The van der Waals surface area contributed by atoms with Crippen LogP contribution >= 0.6 is 0 Å². The summed E-state index contributed by atoms with van der Waals surface area (Å²) in [6, 6.07) is 3.62. The first kappa shape index (κ1) is 27.4. The number of piperidine rings is 1. The Kier molecular flexibility index (Phi) is 9.83. The predicted octanol–water partition coefficient (Wildman–Crippen LogP) is 5.70. The number of sulfonamides is 1. The van der Waals surface area contributed by atoms with E-state index in [2.05, 4.69) is 11.8 Å². The van der Waals surface area contributed by atoms with E-state index < -0.39 is 21.8 Å². The van der Waals surface area contributed by atoms with E-state index in [0.717, 1.165) is 56.5 Å². The van der Waals surface area contributed by atoms with Crippen molar-refractivity contribution in [3.05, 3.63) is 29.8 Å². The Morgan fingerprint density at radius 3 is 2.24 bits per heavy atom. The highest BCUT2D eigenvalue weighted by Gasteiger charge is 2.35. The molecule has 0 amide bonds. The van der Waals surface area contributed by atoms with Gasteiger partial charge in [-0.15, -0.1) is 0 Å². The van der Waals surface area contributed by atoms with E-state index in [4.69, 9.17) is 4.74 Å². The third kappa shape index (κ3) is 7.42. The fourth-order valence-electron chi connectivity index (χ4n) is 5.23. The minimum atomic E-state index is -4.49. The third-order valence-electron chi connectivity index (χ3n) is 7.11. The summed E-state index contributed by atoms with van der Waals surface area (Å²) in [4.78, 5) is 2.45. The van der Waals surface area contributed by atoms with Crippen molar-refractivity contribution in [3.63, 3.8) is 0 Å². The molecule has 1 unspecified atom stereocenters. The maximum atomic E-state index is 13.1. The van der Waals surface area contributed by atoms with Gasteiger partial charge in [0.15, 0.2) is 0 Å². The molecular formula is C25H39F3N2O3S. The van der Waals surface area contributed by atoms with Gasteiger partial charge in [0.05, 0.1) is 22.7 Å². The lowest BCUT2D eigenvalue weighted by molar-refractivity contribution is -0.137. The average molecular weight is 505 g/mol. The van der Waals surface area contributed by atoms with Crippen LogP contribution in [0.15, 0.2) is 29.2 Å². The van der Waals surface area contributed by atoms with Gasteiger partial charge in [-0.25, -0.2) is 8.42 Å². The first-order chi connectivity index (χ1) is 16.1. The van der Waals surface area contributed by atoms with Crippen molar-refractivity contribution in [2.45, 2.75) is 101 Å². The summed E-state index contributed by atoms with van der Waals surface area (Å²) >= 11 is 0. The molecule has 0 aromatic heterocycles. The maximum absolute atomic E-state index is 13.1. The standard InChI is InChI=1S/C25H39F3N2O3S/c1-3-30(34(31,32)24-15-9-21(10-16-24)25(26,27)28)22-11-13-23(14-12-22)33-20(2)8-7-19-29-17-5-4-6-18-29/h9-10,15-16,20,22-23H,3-8,11-14,17-19H2,1-2H3. The number of alkyl halides is 3. The monoisotopic (exact) mass is 504 g/mol. The van der Waals surface area contributed by atoms with E-state index >= 15 is 0 Å². The van der Waals surface area contributed by atoms with E-state index in [1.807, 2.05) is 0 Å². The molecule has 9 heteroatoms. The Morgan fingerprint density at radius 1 is 1.06 bits per heavy atom. The van der Waals surface area contributed by atoms with Gasteiger partial charge in [0.2, 0.25) is 10.0 Å². The molecule has 1 aromatic carbocycles. The first-order valence-corrected chi connectivity index (χ1v) is 14.1. The molecule has 1 saturated heterocycles. The second kappa shape index (κ2) is 12.2. The molecule has 2 aliphatic rings. The molecule has 1 atom stereocenters. The summed E-state index contributed by atoms with van der Waals surface area (Å²) in [5.74, 6) is 0. The summed E-state index contributed by atoms with van der Waals surface area (Å²) in [5, 5.41) is 0. The number of likely N-dealkylation sites (tertiary alicyclic amines) is 1. The van der Waals surface area contributed by atoms with Gasteiger partial charge in [-0.05, 0) is 102 Å². The molecule has 1 aliphatic heterocycles. The molecule has 0 radical (unpaired) electrons. The zero-order valence-corrected chi connectivity index (χ0v) is 21.2. The minimum absolute atomic E-state index is 0.0944. The number of nitrogens with zero attached hydrogens (tertiary/aromatic N) is 2. The number of halogens is 3. The van der Waals surface area contributed by atoms with E-state index in [9.17, 15) is 21.6 Å². The summed E-state index contributed by atoms with van der Waals surface area (Å²) in [5.41, 5.74) is -0.850. The number of ether oxygens (including phenoxy) is 1. The van der Waals surface area contributed by atoms with Gasteiger partial charge in [0.1, 0.15) is 0 Å². The lowest BCUT2D eigenvalue weighted by Gasteiger charge is -2.36. The Morgan fingerprint density at radius 2 is 1.68 bits per heavy atom. The van der Waals surface area contributed by atoms with Crippen LogP contribution in [0.2, 0.25) is 0 Å². The normalized spacial score (nSPS) is 23.8. The Balaban J connectivity index is 1.47. The van der Waals surface area contributed by atoms with E-state index in [1.54, 1.807) is 6.92 Å². The average Bonchev–Trinajstić information content (AvgIpc) is 2.81. The lowest BCUT2D eigenvalue weighted by Crippen LogP contribution is -2.43. The van der Waals surface area contributed by atoms with Crippen LogP contribution in [0.4, 0.5) is 13.2 Å². The molecule has 34 heavy (non-hydrogen) atoms. The van der Waals surface area contributed by atoms with Gasteiger partial charge in [-0.3, -0.25) is 0 Å². The van der Waals surface area contributed by atoms with Gasteiger partial charge < -0.3 is 9.64 Å². The highest BCUT2D eigenvalue weighted by molar-refractivity contribution is 7.89. The molecule has 5 nitrogen and oxygen atoms in total. The fourth-order valence-corrected chi connectivity index (χ4v) is 6.92. The summed E-state index contributed by atoms with van der Waals surface area (Å²) in [6.45, 7) is 7.73. The van der Waals surface area contributed by atoms with Crippen LogP contribution in [0.25, 0.3) is 0 Å². The van der Waals surface area contributed by atoms with Crippen molar-refractivity contribution in [1.82, 2.24) is 9.21 Å². The van der Waals surface area contributed by atoms with Crippen molar-refractivity contribution in [2.24, 2.45) is 0 Å². The smallest absolute Gasteiger partial charge is 0.375 e. The Bertz CT molecular complexity index is 847. The zero-order valence-electron chi connectivity index (χ0n) is 20.4. The Hall–Kier alpha value is -1.16. The molecular weight excluding hydrogens is 465 g/mol. The molecule has 194 valence electrons. The molecule has 1 saturated carbocycles. The van der Waals surface area contributed by atoms with Crippen LogP contribution in [0.1, 0.15) is 77.2 Å². The summed E-state index contributed by atoms with van der Waals surface area (Å²) in [6.07, 6.45) is 4.91. The second-order valence-corrected chi connectivity index (χ2v) is 11.5.